The summed E-state index contributed by atoms with van der Waals surface area (Å²) >= 11 is 0. The highest BCUT2D eigenvalue weighted by molar-refractivity contribution is 6.07. The fourth-order valence-electron chi connectivity index (χ4n) is 3.07. The maximum atomic E-state index is 13.4. The van der Waals surface area contributed by atoms with Crippen LogP contribution in [0, 0.1) is 5.82 Å². The number of carboxylic acid groups (broad SMARTS) is 2. The van der Waals surface area contributed by atoms with E-state index in [-0.39, 0.29) is 29.2 Å². The Bertz CT molecular complexity index is 1240. The molecule has 2 aromatic carbocycles. The average molecular weight is 428 g/mol. The third kappa shape index (κ3) is 4.32. The van der Waals surface area contributed by atoms with Crippen molar-refractivity contribution in [1.29, 1.82) is 0 Å². The maximum absolute atomic E-state index is 13.4. The second-order valence-corrected chi connectivity index (χ2v) is 6.39. The number of carboxylic acids is 2. The van der Waals surface area contributed by atoms with Crippen molar-refractivity contribution in [3.63, 3.8) is 0 Å². The van der Waals surface area contributed by atoms with Crippen molar-refractivity contribution in [2.45, 2.75) is 6.61 Å². The third-order valence-corrected chi connectivity index (χ3v) is 4.41. The molecule has 10 heteroatoms. The summed E-state index contributed by atoms with van der Waals surface area (Å²) in [5, 5.41) is 19.1. The quantitative estimate of drug-likeness (QED) is 0.448. The van der Waals surface area contributed by atoms with Gasteiger partial charge >= 0.3 is 11.9 Å². The highest BCUT2D eigenvalue weighted by atomic mass is 19.1. The number of halogens is 1. The minimum absolute atomic E-state index is 0.0489. The van der Waals surface area contributed by atoms with Gasteiger partial charge in [-0.15, -0.1) is 0 Å². The van der Waals surface area contributed by atoms with Crippen molar-refractivity contribution in [3.8, 4) is 22.6 Å². The van der Waals surface area contributed by atoms with Crippen LogP contribution >= 0.6 is 0 Å². The number of nitrogen functional groups attached to an aromatic ring is 1. The Morgan fingerprint density at radius 3 is 2.39 bits per heavy atom. The summed E-state index contributed by atoms with van der Waals surface area (Å²) in [6.45, 7) is -0.0489. The summed E-state index contributed by atoms with van der Waals surface area (Å²) in [5.74, 6) is -3.71. The second kappa shape index (κ2) is 8.57. The zero-order chi connectivity index (χ0) is 22.7. The predicted molar refractivity (Wildman–Crippen MR) is 108 cm³/mol. The molecule has 0 spiro atoms. The maximum Gasteiger partial charge on any atom is 0.342 e. The van der Waals surface area contributed by atoms with Gasteiger partial charge in [-0.1, -0.05) is 18.2 Å². The first-order valence-electron chi connectivity index (χ1n) is 8.81. The first-order chi connectivity index (χ1) is 14.7. The number of hydrogen-bond donors (Lipinski definition) is 4. The number of methoxy groups -OCH3 is 1. The van der Waals surface area contributed by atoms with Gasteiger partial charge in [0.25, 0.3) is 5.56 Å². The molecular formula is C21H17FN2O7. The second-order valence-electron chi connectivity index (χ2n) is 6.39. The number of aromatic amines is 1. The number of nitrogens with one attached hydrogen (secondary N) is 1. The van der Waals surface area contributed by atoms with Crippen molar-refractivity contribution >= 4 is 17.8 Å². The van der Waals surface area contributed by atoms with Gasteiger partial charge in [0.05, 0.1) is 7.11 Å². The topological polar surface area (TPSA) is 152 Å². The molecule has 3 rings (SSSR count). The monoisotopic (exact) mass is 428 g/mol. The number of aromatic nitrogens is 1. The van der Waals surface area contributed by atoms with Gasteiger partial charge in [0.15, 0.2) is 11.5 Å². The van der Waals surface area contributed by atoms with Gasteiger partial charge in [-0.25, -0.2) is 14.0 Å². The lowest BCUT2D eigenvalue weighted by Crippen LogP contribution is -2.24. The third-order valence-electron chi connectivity index (χ3n) is 4.41. The Morgan fingerprint density at radius 1 is 1.06 bits per heavy atom. The van der Waals surface area contributed by atoms with E-state index in [4.69, 9.17) is 15.2 Å². The van der Waals surface area contributed by atoms with Gasteiger partial charge in [-0.3, -0.25) is 4.79 Å². The Balaban J connectivity index is 2.16. The standard InChI is InChI=1S/C21H17FN2O7/c1-30-13-6-5-11(8-14(13)31-9-10-3-2-4-12(22)7-10)15-16(20(26)27)18(23)24-19(25)17(15)21(28)29/h2-8H,9H2,1H3,(H,26,27)(H,28,29)(H3,23,24,25). The molecule has 9 nitrogen and oxygen atoms in total. The Hall–Kier alpha value is -4.34. The summed E-state index contributed by atoms with van der Waals surface area (Å²) in [6.07, 6.45) is 0. The molecule has 0 aliphatic rings. The van der Waals surface area contributed by atoms with Crippen LogP contribution in [0.5, 0.6) is 11.5 Å². The van der Waals surface area contributed by atoms with E-state index in [1.807, 2.05) is 4.98 Å². The molecule has 31 heavy (non-hydrogen) atoms. The molecule has 0 bridgehead atoms. The van der Waals surface area contributed by atoms with E-state index < -0.39 is 40.3 Å². The van der Waals surface area contributed by atoms with Gasteiger partial charge in [0.1, 0.15) is 29.4 Å². The number of ether oxygens (including phenoxy) is 2. The molecule has 0 saturated heterocycles. The van der Waals surface area contributed by atoms with Crippen molar-refractivity contribution in [1.82, 2.24) is 4.98 Å². The largest absolute Gasteiger partial charge is 0.493 e. The van der Waals surface area contributed by atoms with Crippen LogP contribution in [0.4, 0.5) is 10.2 Å². The highest BCUT2D eigenvalue weighted by Gasteiger charge is 2.27. The van der Waals surface area contributed by atoms with E-state index >= 15 is 0 Å². The zero-order valence-corrected chi connectivity index (χ0v) is 16.1. The molecule has 0 unspecified atom stereocenters. The Kier molecular flexibility index (Phi) is 5.91. The molecule has 160 valence electrons. The lowest BCUT2D eigenvalue weighted by molar-refractivity contribution is 0.0695. The van der Waals surface area contributed by atoms with Crippen molar-refractivity contribution in [2.75, 3.05) is 12.8 Å². The fourth-order valence-corrected chi connectivity index (χ4v) is 3.07. The normalized spacial score (nSPS) is 10.5. The molecule has 0 amide bonds. The van der Waals surface area contributed by atoms with Gasteiger partial charge in [-0.05, 0) is 35.4 Å². The van der Waals surface area contributed by atoms with Crippen LogP contribution < -0.4 is 20.8 Å². The molecule has 0 aliphatic carbocycles. The molecule has 5 N–H and O–H groups in total. The molecule has 0 radical (unpaired) electrons. The molecular weight excluding hydrogens is 411 g/mol. The summed E-state index contributed by atoms with van der Waals surface area (Å²) in [7, 11) is 1.38. The summed E-state index contributed by atoms with van der Waals surface area (Å²) in [5.41, 5.74) is 3.44. The number of benzene rings is 2. The molecule has 1 aromatic heterocycles. The molecule has 0 aliphatic heterocycles. The van der Waals surface area contributed by atoms with Crippen LogP contribution in [0.2, 0.25) is 0 Å². The van der Waals surface area contributed by atoms with Crippen molar-refractivity contribution in [2.24, 2.45) is 0 Å². The number of anilines is 1. The summed E-state index contributed by atoms with van der Waals surface area (Å²) < 4.78 is 24.3. The average Bonchev–Trinajstić information content (AvgIpc) is 2.70. The van der Waals surface area contributed by atoms with E-state index in [0.717, 1.165) is 0 Å². The van der Waals surface area contributed by atoms with Gasteiger partial charge in [0, 0.05) is 5.56 Å². The van der Waals surface area contributed by atoms with Crippen LogP contribution in [-0.2, 0) is 6.61 Å². The van der Waals surface area contributed by atoms with Gasteiger partial charge in [-0.2, -0.15) is 0 Å². The lowest BCUT2D eigenvalue weighted by Gasteiger charge is -2.15. The Morgan fingerprint density at radius 2 is 1.77 bits per heavy atom. The number of carbonyl (C=O) groups is 2. The highest BCUT2D eigenvalue weighted by Crippen LogP contribution is 2.36. The first kappa shape index (κ1) is 21.4. The van der Waals surface area contributed by atoms with Crippen LogP contribution in [0.3, 0.4) is 0 Å². The van der Waals surface area contributed by atoms with E-state index in [0.29, 0.717) is 5.56 Å². The number of pyridine rings is 1. The van der Waals surface area contributed by atoms with E-state index in [1.165, 1.54) is 43.5 Å². The zero-order valence-electron chi connectivity index (χ0n) is 16.1. The summed E-state index contributed by atoms with van der Waals surface area (Å²) in [4.78, 5) is 37.7. The van der Waals surface area contributed by atoms with E-state index in [9.17, 15) is 29.0 Å². The van der Waals surface area contributed by atoms with Crippen LogP contribution in [0.15, 0.2) is 47.3 Å². The molecule has 0 fully saturated rings. The fraction of sp³-hybridized carbons (Fsp3) is 0.0952. The molecule has 0 saturated carbocycles. The lowest BCUT2D eigenvalue weighted by atomic mass is 9.95. The number of rotatable bonds is 7. The molecule has 0 atom stereocenters. The summed E-state index contributed by atoms with van der Waals surface area (Å²) in [6, 6.07) is 9.83. The SMILES string of the molecule is COc1ccc(-c2c(C(=O)O)c(N)[nH]c(=O)c2C(=O)O)cc1OCc1cccc(F)c1. The van der Waals surface area contributed by atoms with Crippen molar-refractivity contribution in [3.05, 3.63) is 75.3 Å². The number of nitrogens with two attached hydrogens (primary N) is 1. The first-order valence-corrected chi connectivity index (χ1v) is 8.81. The molecule has 3 aromatic rings. The van der Waals surface area contributed by atoms with Gasteiger partial charge in [0.2, 0.25) is 0 Å². The van der Waals surface area contributed by atoms with E-state index in [2.05, 4.69) is 0 Å². The number of H-pyrrole nitrogens is 1. The number of aromatic carboxylic acids is 2. The van der Waals surface area contributed by atoms with Crippen LogP contribution in [-0.4, -0.2) is 34.2 Å². The van der Waals surface area contributed by atoms with Gasteiger partial charge < -0.3 is 30.4 Å². The smallest absolute Gasteiger partial charge is 0.342 e. The Labute approximate surface area is 174 Å². The minimum Gasteiger partial charge on any atom is -0.493 e. The van der Waals surface area contributed by atoms with E-state index in [1.54, 1.807) is 6.07 Å². The van der Waals surface area contributed by atoms with Crippen LogP contribution in [0.25, 0.3) is 11.1 Å². The minimum atomic E-state index is -1.63. The van der Waals surface area contributed by atoms with Crippen molar-refractivity contribution < 1.29 is 33.7 Å². The molecule has 1 heterocycles. The number of hydrogen-bond acceptors (Lipinski definition) is 6. The predicted octanol–water partition coefficient (Wildman–Crippen LogP) is 2.75. The van der Waals surface area contributed by atoms with Crippen LogP contribution in [0.1, 0.15) is 26.3 Å².